The molecule has 9 heteroatoms. The fourth-order valence-corrected chi connectivity index (χ4v) is 4.14. The van der Waals surface area contributed by atoms with Gasteiger partial charge in [-0.3, -0.25) is 14.2 Å². The Morgan fingerprint density at radius 3 is 2.85 bits per heavy atom. The number of amides is 1. The van der Waals surface area contributed by atoms with E-state index in [0.717, 1.165) is 10.2 Å². The molecule has 0 bridgehead atoms. The quantitative estimate of drug-likeness (QED) is 0.436. The molecule has 3 rings (SSSR count). The smallest absolute Gasteiger partial charge is 0.272 e. The van der Waals surface area contributed by atoms with E-state index in [0.29, 0.717) is 28.5 Å². The lowest BCUT2D eigenvalue weighted by atomic mass is 10.3. The first-order chi connectivity index (χ1) is 12.6. The minimum absolute atomic E-state index is 0.0992. The number of hydrogen-bond donors (Lipinski definition) is 1. The molecule has 26 heavy (non-hydrogen) atoms. The van der Waals surface area contributed by atoms with Gasteiger partial charge in [0.25, 0.3) is 5.56 Å². The lowest BCUT2D eigenvalue weighted by Crippen LogP contribution is -2.25. The minimum atomic E-state index is -0.157. The number of thiophene rings is 1. The first-order valence-electron chi connectivity index (χ1n) is 7.73. The molecule has 0 aliphatic heterocycles. The summed E-state index contributed by atoms with van der Waals surface area (Å²) < 4.78 is 8.22. The maximum absolute atomic E-state index is 12.6. The highest BCUT2D eigenvalue weighted by Crippen LogP contribution is 2.21. The third-order valence-corrected chi connectivity index (χ3v) is 5.91. The molecule has 3 aromatic rings. The normalized spacial score (nSPS) is 11.0. The van der Waals surface area contributed by atoms with Crippen molar-refractivity contribution in [3.63, 3.8) is 0 Å². The van der Waals surface area contributed by atoms with Crippen molar-refractivity contribution >= 4 is 60.8 Å². The number of anilines is 1. The standard InChI is InChI=1S/C17H16BrN3O3S2/c1-24-8-7-21-16(23)15-13(6-9-25-15)20-17(21)26-10-14(22)19-12-4-2-11(18)3-5-12/h2-6,9H,7-8,10H2,1H3,(H,19,22). The van der Waals surface area contributed by atoms with Crippen molar-refractivity contribution in [3.8, 4) is 0 Å². The monoisotopic (exact) mass is 453 g/mol. The average molecular weight is 454 g/mol. The summed E-state index contributed by atoms with van der Waals surface area (Å²) in [5.41, 5.74) is 1.28. The van der Waals surface area contributed by atoms with Crippen LogP contribution in [0.4, 0.5) is 5.69 Å². The SMILES string of the molecule is COCCn1c(SCC(=O)Nc2ccc(Br)cc2)nc2ccsc2c1=O. The van der Waals surface area contributed by atoms with E-state index in [9.17, 15) is 9.59 Å². The third-order valence-electron chi connectivity index (χ3n) is 3.51. The number of ether oxygens (including phenoxy) is 1. The number of benzene rings is 1. The van der Waals surface area contributed by atoms with E-state index in [1.807, 2.05) is 35.7 Å². The molecule has 0 saturated carbocycles. The van der Waals surface area contributed by atoms with Gasteiger partial charge in [-0.25, -0.2) is 4.98 Å². The molecule has 136 valence electrons. The summed E-state index contributed by atoms with van der Waals surface area (Å²) in [6.45, 7) is 0.796. The largest absolute Gasteiger partial charge is 0.383 e. The molecule has 2 heterocycles. The molecule has 1 N–H and O–H groups in total. The second kappa shape index (κ2) is 8.81. The van der Waals surface area contributed by atoms with Crippen LogP contribution in [0.2, 0.25) is 0 Å². The summed E-state index contributed by atoms with van der Waals surface area (Å²) >= 11 is 5.97. The topological polar surface area (TPSA) is 73.2 Å². The molecule has 0 saturated heterocycles. The lowest BCUT2D eigenvalue weighted by molar-refractivity contribution is -0.113. The van der Waals surface area contributed by atoms with Gasteiger partial charge in [-0.2, -0.15) is 0 Å². The Labute approximate surface area is 166 Å². The lowest BCUT2D eigenvalue weighted by Gasteiger charge is -2.11. The fraction of sp³-hybridized carbons (Fsp3) is 0.235. The number of aromatic nitrogens is 2. The summed E-state index contributed by atoms with van der Waals surface area (Å²) in [4.78, 5) is 29.4. The van der Waals surface area contributed by atoms with Crippen molar-refractivity contribution in [3.05, 3.63) is 50.5 Å². The van der Waals surface area contributed by atoms with Crippen molar-refractivity contribution in [2.45, 2.75) is 11.7 Å². The molecule has 1 aromatic carbocycles. The molecule has 1 amide bonds. The van der Waals surface area contributed by atoms with Gasteiger partial charge in [-0.1, -0.05) is 27.7 Å². The zero-order chi connectivity index (χ0) is 18.5. The number of rotatable bonds is 7. The number of carbonyl (C=O) groups excluding carboxylic acids is 1. The van der Waals surface area contributed by atoms with E-state index < -0.39 is 0 Å². The van der Waals surface area contributed by atoms with Crippen molar-refractivity contribution in [2.24, 2.45) is 0 Å². The van der Waals surface area contributed by atoms with Gasteiger partial charge in [0.2, 0.25) is 5.91 Å². The number of nitrogens with zero attached hydrogens (tertiary/aromatic N) is 2. The number of carbonyl (C=O) groups is 1. The summed E-state index contributed by atoms with van der Waals surface area (Å²) in [5.74, 6) is 0.000717. The van der Waals surface area contributed by atoms with Crippen LogP contribution in [-0.2, 0) is 16.1 Å². The van der Waals surface area contributed by atoms with Gasteiger partial charge in [-0.15, -0.1) is 11.3 Å². The number of hydrogen-bond acceptors (Lipinski definition) is 6. The summed E-state index contributed by atoms with van der Waals surface area (Å²) in [7, 11) is 1.58. The van der Waals surface area contributed by atoms with Gasteiger partial charge in [0.05, 0.1) is 24.4 Å². The van der Waals surface area contributed by atoms with Gasteiger partial charge in [0.15, 0.2) is 5.16 Å². The Balaban J connectivity index is 1.75. The second-order valence-electron chi connectivity index (χ2n) is 5.32. The molecule has 6 nitrogen and oxygen atoms in total. The van der Waals surface area contributed by atoms with E-state index in [1.165, 1.54) is 23.1 Å². The molecule has 0 radical (unpaired) electrons. The van der Waals surface area contributed by atoms with Crippen LogP contribution in [-0.4, -0.2) is 34.9 Å². The second-order valence-corrected chi connectivity index (χ2v) is 8.10. The van der Waals surface area contributed by atoms with Crippen LogP contribution in [0.15, 0.2) is 50.1 Å². The summed E-state index contributed by atoms with van der Waals surface area (Å²) in [6, 6.07) is 9.16. The Morgan fingerprint density at radius 2 is 2.12 bits per heavy atom. The molecule has 2 aromatic heterocycles. The van der Waals surface area contributed by atoms with Crippen LogP contribution in [0.25, 0.3) is 10.2 Å². The molecule has 0 fully saturated rings. The highest BCUT2D eigenvalue weighted by molar-refractivity contribution is 9.10. The van der Waals surface area contributed by atoms with E-state index in [-0.39, 0.29) is 17.2 Å². The van der Waals surface area contributed by atoms with Crippen LogP contribution in [0.3, 0.4) is 0 Å². The van der Waals surface area contributed by atoms with E-state index in [1.54, 1.807) is 11.7 Å². The van der Waals surface area contributed by atoms with Crippen LogP contribution >= 0.6 is 39.0 Å². The van der Waals surface area contributed by atoms with Crippen LogP contribution in [0.5, 0.6) is 0 Å². The summed E-state index contributed by atoms with van der Waals surface area (Å²) in [6.07, 6.45) is 0. The highest BCUT2D eigenvalue weighted by Gasteiger charge is 2.14. The van der Waals surface area contributed by atoms with Crippen LogP contribution < -0.4 is 10.9 Å². The van der Waals surface area contributed by atoms with Gasteiger partial charge in [-0.05, 0) is 35.7 Å². The first kappa shape index (κ1) is 19.1. The van der Waals surface area contributed by atoms with Crippen molar-refractivity contribution in [2.75, 3.05) is 24.8 Å². The number of fused-ring (bicyclic) bond motifs is 1. The average Bonchev–Trinajstić information content (AvgIpc) is 3.10. The van der Waals surface area contributed by atoms with E-state index in [2.05, 4.69) is 26.2 Å². The maximum Gasteiger partial charge on any atom is 0.272 e. The van der Waals surface area contributed by atoms with Gasteiger partial charge in [0, 0.05) is 17.3 Å². The fourth-order valence-electron chi connectivity index (χ4n) is 2.27. The zero-order valence-corrected chi connectivity index (χ0v) is 17.1. The van der Waals surface area contributed by atoms with Crippen molar-refractivity contribution < 1.29 is 9.53 Å². The number of thioether (sulfide) groups is 1. The molecular weight excluding hydrogens is 438 g/mol. The molecule has 0 aliphatic carbocycles. The minimum Gasteiger partial charge on any atom is -0.383 e. The maximum atomic E-state index is 12.6. The van der Waals surface area contributed by atoms with Gasteiger partial charge in [0.1, 0.15) is 4.70 Å². The van der Waals surface area contributed by atoms with Crippen molar-refractivity contribution in [1.29, 1.82) is 0 Å². The highest BCUT2D eigenvalue weighted by atomic mass is 79.9. The number of halogens is 1. The van der Waals surface area contributed by atoms with Gasteiger partial charge >= 0.3 is 0 Å². The van der Waals surface area contributed by atoms with Crippen LogP contribution in [0, 0.1) is 0 Å². The Hall–Kier alpha value is -1.68. The predicted molar refractivity (Wildman–Crippen MR) is 109 cm³/mol. The number of nitrogens with one attached hydrogen (secondary N) is 1. The van der Waals surface area contributed by atoms with E-state index >= 15 is 0 Å². The Morgan fingerprint density at radius 1 is 1.35 bits per heavy atom. The first-order valence-corrected chi connectivity index (χ1v) is 10.4. The third kappa shape index (κ3) is 4.53. The molecule has 0 spiro atoms. The zero-order valence-electron chi connectivity index (χ0n) is 13.9. The predicted octanol–water partition coefficient (Wildman–Crippen LogP) is 3.60. The number of methoxy groups -OCH3 is 1. The Bertz CT molecular complexity index is 970. The van der Waals surface area contributed by atoms with Crippen LogP contribution in [0.1, 0.15) is 0 Å². The van der Waals surface area contributed by atoms with Crippen molar-refractivity contribution in [1.82, 2.24) is 9.55 Å². The molecule has 0 aliphatic rings. The van der Waals surface area contributed by atoms with Gasteiger partial charge < -0.3 is 10.1 Å². The molecule has 0 atom stereocenters. The molecule has 0 unspecified atom stereocenters. The van der Waals surface area contributed by atoms with E-state index in [4.69, 9.17) is 4.74 Å². The summed E-state index contributed by atoms with van der Waals surface area (Å²) in [5, 5.41) is 5.19. The Kier molecular flexibility index (Phi) is 6.47. The molecular formula is C17H16BrN3O3S2.